The van der Waals surface area contributed by atoms with Gasteiger partial charge in [-0.3, -0.25) is 4.90 Å². The van der Waals surface area contributed by atoms with Crippen LogP contribution in [-0.2, 0) is 0 Å². The molecule has 102 valence electrons. The van der Waals surface area contributed by atoms with Crippen molar-refractivity contribution in [1.29, 1.82) is 0 Å². The Morgan fingerprint density at radius 2 is 1.94 bits per heavy atom. The molecule has 0 aromatic heterocycles. The highest BCUT2D eigenvalue weighted by Crippen LogP contribution is 2.26. The van der Waals surface area contributed by atoms with E-state index in [1.807, 2.05) is 18.2 Å². The van der Waals surface area contributed by atoms with E-state index in [0.717, 1.165) is 24.4 Å². The molecule has 0 saturated heterocycles. The second-order valence-corrected chi connectivity index (χ2v) is 6.18. The number of nitrogens with zero attached hydrogens (tertiary/aromatic N) is 1. The third-order valence-electron chi connectivity index (χ3n) is 3.35. The van der Waals surface area contributed by atoms with Gasteiger partial charge in [-0.2, -0.15) is 0 Å². The fourth-order valence-corrected chi connectivity index (χ4v) is 2.32. The number of rotatable bonds is 6. The normalized spacial score (nSPS) is 13.9. The van der Waals surface area contributed by atoms with Crippen molar-refractivity contribution in [3.8, 4) is 0 Å². The van der Waals surface area contributed by atoms with E-state index in [0.29, 0.717) is 6.04 Å². The Balaban J connectivity index is 2.52. The lowest BCUT2D eigenvalue weighted by molar-refractivity contribution is 0.248. The highest BCUT2D eigenvalue weighted by molar-refractivity contribution is 6.31. The van der Waals surface area contributed by atoms with Gasteiger partial charge in [0.05, 0.1) is 0 Å². The summed E-state index contributed by atoms with van der Waals surface area (Å²) >= 11 is 6.22. The van der Waals surface area contributed by atoms with Crippen molar-refractivity contribution in [2.45, 2.75) is 45.2 Å². The first kappa shape index (κ1) is 15.5. The maximum atomic E-state index is 6.22. The van der Waals surface area contributed by atoms with Crippen molar-refractivity contribution >= 4 is 11.6 Å². The number of halogens is 1. The summed E-state index contributed by atoms with van der Waals surface area (Å²) in [4.78, 5) is 2.33. The van der Waals surface area contributed by atoms with Crippen LogP contribution in [0.1, 0.15) is 45.2 Å². The van der Waals surface area contributed by atoms with E-state index in [9.17, 15) is 0 Å². The Kier molecular flexibility index (Phi) is 5.64. The summed E-state index contributed by atoms with van der Waals surface area (Å²) in [7, 11) is 2.14. The molecular formula is C15H25ClN2. The molecule has 0 spiro atoms. The maximum Gasteiger partial charge on any atom is 0.0453 e. The van der Waals surface area contributed by atoms with Gasteiger partial charge in [0.1, 0.15) is 0 Å². The van der Waals surface area contributed by atoms with Crippen LogP contribution in [-0.4, -0.2) is 24.0 Å². The van der Waals surface area contributed by atoms with Crippen molar-refractivity contribution in [2.75, 3.05) is 13.6 Å². The van der Waals surface area contributed by atoms with Crippen LogP contribution in [0, 0.1) is 0 Å². The molecule has 1 aromatic rings. The highest BCUT2D eigenvalue weighted by Gasteiger charge is 2.15. The summed E-state index contributed by atoms with van der Waals surface area (Å²) in [6.07, 6.45) is 2.14. The molecule has 0 bridgehead atoms. The molecule has 18 heavy (non-hydrogen) atoms. The minimum atomic E-state index is -0.0749. The van der Waals surface area contributed by atoms with Gasteiger partial charge in [0, 0.05) is 16.6 Å². The van der Waals surface area contributed by atoms with Crippen LogP contribution in [0.15, 0.2) is 24.3 Å². The Morgan fingerprint density at radius 1 is 1.33 bits per heavy atom. The summed E-state index contributed by atoms with van der Waals surface area (Å²) in [5, 5.41) is 0.844. The lowest BCUT2D eigenvalue weighted by Crippen LogP contribution is -2.33. The van der Waals surface area contributed by atoms with Gasteiger partial charge in [0.25, 0.3) is 0 Å². The van der Waals surface area contributed by atoms with E-state index < -0.39 is 0 Å². The second-order valence-electron chi connectivity index (χ2n) is 5.77. The second kappa shape index (κ2) is 6.55. The Morgan fingerprint density at radius 3 is 2.50 bits per heavy atom. The van der Waals surface area contributed by atoms with E-state index in [2.05, 4.69) is 38.8 Å². The number of hydrogen-bond donors (Lipinski definition) is 1. The molecule has 1 aromatic carbocycles. The van der Waals surface area contributed by atoms with Gasteiger partial charge < -0.3 is 5.73 Å². The largest absolute Gasteiger partial charge is 0.326 e. The summed E-state index contributed by atoms with van der Waals surface area (Å²) in [5.41, 5.74) is 7.11. The minimum absolute atomic E-state index is 0.0749. The molecule has 1 unspecified atom stereocenters. The lowest BCUT2D eigenvalue weighted by atomic mass is 9.99. The molecule has 0 aliphatic rings. The molecule has 2 N–H and O–H groups in total. The van der Waals surface area contributed by atoms with Gasteiger partial charge >= 0.3 is 0 Å². The van der Waals surface area contributed by atoms with E-state index in [1.54, 1.807) is 0 Å². The topological polar surface area (TPSA) is 29.3 Å². The molecule has 0 amide bonds. The molecule has 2 nitrogen and oxygen atoms in total. The maximum absolute atomic E-state index is 6.22. The van der Waals surface area contributed by atoms with Crippen molar-refractivity contribution in [3.63, 3.8) is 0 Å². The molecular weight excluding hydrogens is 244 g/mol. The Bertz CT molecular complexity index is 371. The van der Waals surface area contributed by atoms with Crippen LogP contribution in [0.2, 0.25) is 5.02 Å². The summed E-state index contributed by atoms with van der Waals surface area (Å²) in [6, 6.07) is 8.38. The lowest BCUT2D eigenvalue weighted by Gasteiger charge is -2.27. The summed E-state index contributed by atoms with van der Waals surface area (Å²) in [5.74, 6) is 0. The fraction of sp³-hybridized carbons (Fsp3) is 0.600. The highest BCUT2D eigenvalue weighted by atomic mass is 35.5. The van der Waals surface area contributed by atoms with E-state index in [1.165, 1.54) is 5.56 Å². The first-order valence-corrected chi connectivity index (χ1v) is 6.92. The molecule has 0 aliphatic carbocycles. The van der Waals surface area contributed by atoms with Crippen LogP contribution in [0.4, 0.5) is 0 Å². The third-order valence-corrected chi connectivity index (χ3v) is 3.69. The first-order valence-electron chi connectivity index (χ1n) is 6.55. The van der Waals surface area contributed by atoms with E-state index >= 15 is 0 Å². The number of nitrogens with two attached hydrogens (primary N) is 1. The van der Waals surface area contributed by atoms with Gasteiger partial charge in [-0.15, -0.1) is 0 Å². The SMILES string of the molecule is CC(c1ccccc1Cl)N(C)CCCC(C)(C)N. The summed E-state index contributed by atoms with van der Waals surface area (Å²) < 4.78 is 0. The molecule has 0 saturated carbocycles. The van der Waals surface area contributed by atoms with Crippen LogP contribution in [0.5, 0.6) is 0 Å². The predicted octanol–water partition coefficient (Wildman–Crippen LogP) is 3.85. The van der Waals surface area contributed by atoms with Crippen molar-refractivity contribution < 1.29 is 0 Å². The average molecular weight is 269 g/mol. The molecule has 3 heteroatoms. The monoisotopic (exact) mass is 268 g/mol. The fourth-order valence-electron chi connectivity index (χ4n) is 2.03. The van der Waals surface area contributed by atoms with Gasteiger partial charge in [-0.1, -0.05) is 29.8 Å². The zero-order valence-electron chi connectivity index (χ0n) is 11.9. The van der Waals surface area contributed by atoms with Crippen LogP contribution in [0.25, 0.3) is 0 Å². The van der Waals surface area contributed by atoms with Crippen LogP contribution in [0.3, 0.4) is 0 Å². The van der Waals surface area contributed by atoms with Gasteiger partial charge in [-0.25, -0.2) is 0 Å². The molecule has 1 atom stereocenters. The summed E-state index contributed by atoms with van der Waals surface area (Å²) in [6.45, 7) is 7.37. The first-order chi connectivity index (χ1) is 8.31. The van der Waals surface area contributed by atoms with Crippen molar-refractivity contribution in [1.82, 2.24) is 4.90 Å². The van der Waals surface area contributed by atoms with E-state index in [-0.39, 0.29) is 5.54 Å². The van der Waals surface area contributed by atoms with Crippen LogP contribution < -0.4 is 5.73 Å². The number of hydrogen-bond acceptors (Lipinski definition) is 2. The third kappa shape index (κ3) is 4.97. The van der Waals surface area contributed by atoms with Gasteiger partial charge in [0.2, 0.25) is 0 Å². The Hall–Kier alpha value is -0.570. The number of benzene rings is 1. The molecule has 0 heterocycles. The Labute approximate surface area is 116 Å². The smallest absolute Gasteiger partial charge is 0.0453 e. The average Bonchev–Trinajstić information content (AvgIpc) is 2.27. The van der Waals surface area contributed by atoms with Gasteiger partial charge in [-0.05, 0) is 58.8 Å². The van der Waals surface area contributed by atoms with Gasteiger partial charge in [0.15, 0.2) is 0 Å². The molecule has 0 aliphatic heterocycles. The van der Waals surface area contributed by atoms with Crippen LogP contribution >= 0.6 is 11.6 Å². The standard InChI is InChI=1S/C15H25ClN2/c1-12(13-8-5-6-9-14(13)16)18(4)11-7-10-15(2,3)17/h5-6,8-9,12H,7,10-11,17H2,1-4H3. The molecule has 0 fully saturated rings. The quantitative estimate of drug-likeness (QED) is 0.849. The molecule has 1 rings (SSSR count). The van der Waals surface area contributed by atoms with Crippen molar-refractivity contribution in [2.24, 2.45) is 5.73 Å². The minimum Gasteiger partial charge on any atom is -0.326 e. The molecule has 0 radical (unpaired) electrons. The zero-order valence-corrected chi connectivity index (χ0v) is 12.7. The predicted molar refractivity (Wildman–Crippen MR) is 80.0 cm³/mol. The zero-order chi connectivity index (χ0) is 13.8. The van der Waals surface area contributed by atoms with Crippen molar-refractivity contribution in [3.05, 3.63) is 34.9 Å². The van der Waals surface area contributed by atoms with E-state index in [4.69, 9.17) is 17.3 Å².